The summed E-state index contributed by atoms with van der Waals surface area (Å²) in [6.45, 7) is 0. The first kappa shape index (κ1) is 14.5. The van der Waals surface area contributed by atoms with E-state index in [1.165, 1.54) is 12.1 Å². The van der Waals surface area contributed by atoms with Gasteiger partial charge in [-0.05, 0) is 35.0 Å². The van der Waals surface area contributed by atoms with Gasteiger partial charge in [0.2, 0.25) is 11.7 Å². The summed E-state index contributed by atoms with van der Waals surface area (Å²) >= 11 is 0. The molecule has 114 valence electrons. The molecule has 0 atom stereocenters. The van der Waals surface area contributed by atoms with E-state index in [0.717, 1.165) is 16.8 Å². The molecule has 3 aromatic rings. The monoisotopic (exact) mass is 308 g/mol. The largest absolute Gasteiger partial charge is 0.450 e. The van der Waals surface area contributed by atoms with Crippen LogP contribution in [0.1, 0.15) is 10.4 Å². The van der Waals surface area contributed by atoms with Crippen molar-refractivity contribution in [2.75, 3.05) is 0 Å². The van der Waals surface area contributed by atoms with E-state index in [1.807, 2.05) is 30.3 Å². The Balaban J connectivity index is 2.00. The van der Waals surface area contributed by atoms with Crippen LogP contribution in [0.5, 0.6) is 11.5 Å². The highest BCUT2D eigenvalue weighted by molar-refractivity contribution is 5.93. The molecule has 1 amide bonds. The van der Waals surface area contributed by atoms with Crippen molar-refractivity contribution in [3.8, 4) is 11.5 Å². The minimum Gasteiger partial charge on any atom is -0.450 e. The molecule has 0 bridgehead atoms. The standard InChI is InChI=1S/C17H12N2O4/c18-17(20)13-6-8-16(15(10-13)19(21)22)23-14-7-5-11-3-1-2-4-12(11)9-14/h1-10H,(H2,18,20). The molecule has 2 N–H and O–H groups in total. The molecule has 0 aliphatic rings. The molecule has 0 saturated carbocycles. The third kappa shape index (κ3) is 2.96. The van der Waals surface area contributed by atoms with Crippen LogP contribution in [0.3, 0.4) is 0 Å². The molecule has 3 rings (SSSR count). The zero-order valence-electron chi connectivity index (χ0n) is 11.9. The summed E-state index contributed by atoms with van der Waals surface area (Å²) in [7, 11) is 0. The van der Waals surface area contributed by atoms with Gasteiger partial charge in [-0.2, -0.15) is 0 Å². The normalized spacial score (nSPS) is 10.4. The van der Waals surface area contributed by atoms with Crippen LogP contribution in [-0.2, 0) is 0 Å². The van der Waals surface area contributed by atoms with Crippen LogP contribution < -0.4 is 10.5 Å². The number of amides is 1. The fraction of sp³-hybridized carbons (Fsp3) is 0. The van der Waals surface area contributed by atoms with Crippen molar-refractivity contribution in [3.05, 3.63) is 76.3 Å². The molecule has 6 heteroatoms. The van der Waals surface area contributed by atoms with Crippen LogP contribution in [0.4, 0.5) is 5.69 Å². The number of hydrogen-bond donors (Lipinski definition) is 1. The molecule has 0 aliphatic heterocycles. The maximum atomic E-state index is 11.2. The average molecular weight is 308 g/mol. The highest BCUT2D eigenvalue weighted by Gasteiger charge is 2.18. The lowest BCUT2D eigenvalue weighted by Crippen LogP contribution is -2.11. The number of nitrogens with two attached hydrogens (primary N) is 1. The van der Waals surface area contributed by atoms with Crippen LogP contribution >= 0.6 is 0 Å². The van der Waals surface area contributed by atoms with Gasteiger partial charge in [0.25, 0.3) is 0 Å². The summed E-state index contributed by atoms with van der Waals surface area (Å²) in [6.07, 6.45) is 0. The number of nitrogens with zero attached hydrogens (tertiary/aromatic N) is 1. The Labute approximate surface area is 131 Å². The minimum absolute atomic E-state index is 0.0512. The summed E-state index contributed by atoms with van der Waals surface area (Å²) in [4.78, 5) is 21.7. The van der Waals surface area contributed by atoms with Gasteiger partial charge in [-0.15, -0.1) is 0 Å². The number of carbonyl (C=O) groups is 1. The van der Waals surface area contributed by atoms with Crippen molar-refractivity contribution < 1.29 is 14.5 Å². The van der Waals surface area contributed by atoms with E-state index in [1.54, 1.807) is 12.1 Å². The van der Waals surface area contributed by atoms with Gasteiger partial charge in [0.15, 0.2) is 0 Å². The van der Waals surface area contributed by atoms with Gasteiger partial charge in [0.1, 0.15) is 5.75 Å². The fourth-order valence-electron chi connectivity index (χ4n) is 2.26. The number of ether oxygens (including phenoxy) is 1. The maximum Gasteiger partial charge on any atom is 0.312 e. The van der Waals surface area contributed by atoms with E-state index in [0.29, 0.717) is 5.75 Å². The number of nitro groups is 1. The molecule has 0 saturated heterocycles. The number of fused-ring (bicyclic) bond motifs is 1. The minimum atomic E-state index is -0.731. The first-order chi connectivity index (χ1) is 11.0. The molecular weight excluding hydrogens is 296 g/mol. The van der Waals surface area contributed by atoms with E-state index in [4.69, 9.17) is 10.5 Å². The first-order valence-corrected chi connectivity index (χ1v) is 6.79. The third-order valence-electron chi connectivity index (χ3n) is 3.39. The summed E-state index contributed by atoms with van der Waals surface area (Å²) in [5.41, 5.74) is 4.89. The van der Waals surface area contributed by atoms with Gasteiger partial charge < -0.3 is 10.5 Å². The van der Waals surface area contributed by atoms with E-state index < -0.39 is 10.8 Å². The van der Waals surface area contributed by atoms with Gasteiger partial charge >= 0.3 is 5.69 Å². The molecule has 0 unspecified atom stereocenters. The van der Waals surface area contributed by atoms with Gasteiger partial charge in [0.05, 0.1) is 4.92 Å². The molecule has 6 nitrogen and oxygen atoms in total. The third-order valence-corrected chi connectivity index (χ3v) is 3.39. The Kier molecular flexibility index (Phi) is 3.64. The molecular formula is C17H12N2O4. The van der Waals surface area contributed by atoms with Crippen LogP contribution in [0.15, 0.2) is 60.7 Å². The second-order valence-electron chi connectivity index (χ2n) is 4.91. The second kappa shape index (κ2) is 5.76. The quantitative estimate of drug-likeness (QED) is 0.588. The Morgan fingerprint density at radius 3 is 2.43 bits per heavy atom. The van der Waals surface area contributed by atoms with Gasteiger partial charge in [0, 0.05) is 11.6 Å². The Hall–Kier alpha value is -3.41. The Morgan fingerprint density at radius 2 is 1.74 bits per heavy atom. The number of nitro benzene ring substituents is 1. The predicted molar refractivity (Wildman–Crippen MR) is 85.6 cm³/mol. The van der Waals surface area contributed by atoms with Crippen molar-refractivity contribution >= 4 is 22.4 Å². The summed E-state index contributed by atoms with van der Waals surface area (Å²) < 4.78 is 5.62. The van der Waals surface area contributed by atoms with E-state index in [2.05, 4.69) is 0 Å². The number of primary amides is 1. The Bertz CT molecular complexity index is 921. The van der Waals surface area contributed by atoms with Crippen molar-refractivity contribution in [1.82, 2.24) is 0 Å². The lowest BCUT2D eigenvalue weighted by atomic mass is 10.1. The van der Waals surface area contributed by atoms with E-state index in [-0.39, 0.29) is 17.0 Å². The zero-order valence-corrected chi connectivity index (χ0v) is 11.9. The molecule has 0 spiro atoms. The summed E-state index contributed by atoms with van der Waals surface area (Å²) in [5, 5.41) is 13.2. The molecule has 0 fully saturated rings. The number of rotatable bonds is 4. The lowest BCUT2D eigenvalue weighted by Gasteiger charge is -2.08. The predicted octanol–water partition coefficient (Wildman–Crippen LogP) is 3.64. The fourth-order valence-corrected chi connectivity index (χ4v) is 2.26. The molecule has 0 aromatic heterocycles. The number of hydrogen-bond acceptors (Lipinski definition) is 4. The molecule has 3 aromatic carbocycles. The SMILES string of the molecule is NC(=O)c1ccc(Oc2ccc3ccccc3c2)c([N+](=O)[O-])c1. The number of carbonyl (C=O) groups excluding carboxylic acids is 1. The smallest absolute Gasteiger partial charge is 0.312 e. The van der Waals surface area contributed by atoms with E-state index >= 15 is 0 Å². The summed E-state index contributed by atoms with van der Waals surface area (Å²) in [5.74, 6) is -0.209. The first-order valence-electron chi connectivity index (χ1n) is 6.79. The van der Waals surface area contributed by atoms with Crippen LogP contribution in [0.2, 0.25) is 0 Å². The lowest BCUT2D eigenvalue weighted by molar-refractivity contribution is -0.385. The average Bonchev–Trinajstić information content (AvgIpc) is 2.54. The van der Waals surface area contributed by atoms with Gasteiger partial charge in [-0.1, -0.05) is 30.3 Å². The van der Waals surface area contributed by atoms with Crippen molar-refractivity contribution in [2.24, 2.45) is 5.73 Å². The highest BCUT2D eigenvalue weighted by Crippen LogP contribution is 2.33. The van der Waals surface area contributed by atoms with Gasteiger partial charge in [-0.25, -0.2) is 0 Å². The van der Waals surface area contributed by atoms with Crippen LogP contribution in [0, 0.1) is 10.1 Å². The van der Waals surface area contributed by atoms with Crippen LogP contribution in [0.25, 0.3) is 10.8 Å². The van der Waals surface area contributed by atoms with Gasteiger partial charge in [-0.3, -0.25) is 14.9 Å². The second-order valence-corrected chi connectivity index (χ2v) is 4.91. The molecule has 0 radical (unpaired) electrons. The maximum absolute atomic E-state index is 11.2. The molecule has 0 aliphatic carbocycles. The van der Waals surface area contributed by atoms with Crippen molar-refractivity contribution in [3.63, 3.8) is 0 Å². The van der Waals surface area contributed by atoms with Crippen LogP contribution in [-0.4, -0.2) is 10.8 Å². The Morgan fingerprint density at radius 1 is 1.00 bits per heavy atom. The van der Waals surface area contributed by atoms with Crippen molar-refractivity contribution in [2.45, 2.75) is 0 Å². The summed E-state index contributed by atoms with van der Waals surface area (Å²) in [6, 6.07) is 17.0. The highest BCUT2D eigenvalue weighted by atomic mass is 16.6. The molecule has 0 heterocycles. The van der Waals surface area contributed by atoms with E-state index in [9.17, 15) is 14.9 Å². The zero-order chi connectivity index (χ0) is 16.4. The molecule has 23 heavy (non-hydrogen) atoms. The van der Waals surface area contributed by atoms with Crippen molar-refractivity contribution in [1.29, 1.82) is 0 Å². The topological polar surface area (TPSA) is 95.5 Å². The number of benzene rings is 3.